The first kappa shape index (κ1) is 21.9. The number of aromatic nitrogens is 2. The van der Waals surface area contributed by atoms with Crippen molar-refractivity contribution >= 4 is 23.5 Å². The van der Waals surface area contributed by atoms with Crippen molar-refractivity contribution < 1.29 is 23.1 Å². The number of nitrogens with one attached hydrogen (secondary N) is 1. The van der Waals surface area contributed by atoms with E-state index >= 15 is 0 Å². The summed E-state index contributed by atoms with van der Waals surface area (Å²) >= 11 is 0. The summed E-state index contributed by atoms with van der Waals surface area (Å²) in [5, 5.41) is 2.44. The first-order chi connectivity index (χ1) is 15.1. The lowest BCUT2D eigenvalue weighted by atomic mass is 10.0. The Morgan fingerprint density at radius 2 is 1.66 bits per heavy atom. The van der Waals surface area contributed by atoms with Crippen molar-refractivity contribution in [3.05, 3.63) is 47.9 Å². The second-order valence-electron chi connectivity index (χ2n) is 9.19. The average molecular weight is 445 g/mol. The smallest absolute Gasteiger partial charge is 0.410 e. The van der Waals surface area contributed by atoms with Gasteiger partial charge in [-0.2, -0.15) is 0 Å². The quantitative estimate of drug-likeness (QED) is 0.780. The Labute approximate surface area is 184 Å². The van der Waals surface area contributed by atoms with Gasteiger partial charge in [0.2, 0.25) is 0 Å². The maximum absolute atomic E-state index is 13.4. The van der Waals surface area contributed by atoms with E-state index in [2.05, 4.69) is 15.3 Å². The van der Waals surface area contributed by atoms with Crippen LogP contribution >= 0.6 is 0 Å². The first-order valence-corrected chi connectivity index (χ1v) is 10.4. The zero-order valence-corrected chi connectivity index (χ0v) is 18.1. The van der Waals surface area contributed by atoms with Crippen LogP contribution in [0.1, 0.15) is 31.3 Å². The van der Waals surface area contributed by atoms with Gasteiger partial charge >= 0.3 is 6.09 Å². The van der Waals surface area contributed by atoms with Crippen molar-refractivity contribution in [1.29, 1.82) is 0 Å². The van der Waals surface area contributed by atoms with E-state index in [9.17, 15) is 18.4 Å². The van der Waals surface area contributed by atoms with E-state index in [0.717, 1.165) is 18.2 Å². The van der Waals surface area contributed by atoms with Crippen LogP contribution in [0.15, 0.2) is 30.6 Å². The minimum Gasteiger partial charge on any atom is -0.444 e. The van der Waals surface area contributed by atoms with Gasteiger partial charge in [-0.15, -0.1) is 0 Å². The molecule has 0 bridgehead atoms. The van der Waals surface area contributed by atoms with Crippen molar-refractivity contribution in [3.63, 3.8) is 0 Å². The topological polar surface area (TPSA) is 87.7 Å². The molecule has 2 atom stereocenters. The van der Waals surface area contributed by atoms with Gasteiger partial charge in [0.1, 0.15) is 28.7 Å². The van der Waals surface area contributed by atoms with Crippen molar-refractivity contribution in [1.82, 2.24) is 14.9 Å². The van der Waals surface area contributed by atoms with Gasteiger partial charge in [-0.3, -0.25) is 9.78 Å². The van der Waals surface area contributed by atoms with Crippen molar-refractivity contribution in [2.24, 2.45) is 11.8 Å². The number of hydrogen-bond acceptors (Lipinski definition) is 6. The van der Waals surface area contributed by atoms with E-state index < -0.39 is 23.1 Å². The number of carbonyl (C=O) groups excluding carboxylic acids is 2. The van der Waals surface area contributed by atoms with Crippen LogP contribution in [0, 0.1) is 23.5 Å². The standard InChI is InChI=1S/C22H25F2N5O3/c1-22(2,3)32-21(31)29-11-13-9-28(10-14(13)12-29)19-8-25-7-18(27-19)20(30)26-17-5-15(23)4-16(24)6-17/h4-8,13-14H,9-12H2,1-3H3,(H,26,30). The lowest BCUT2D eigenvalue weighted by Gasteiger charge is -2.26. The number of likely N-dealkylation sites (tertiary alicyclic amines) is 1. The molecule has 1 N–H and O–H groups in total. The van der Waals surface area contributed by atoms with Crippen molar-refractivity contribution in [3.8, 4) is 0 Å². The fourth-order valence-corrected chi connectivity index (χ4v) is 4.09. The van der Waals surface area contributed by atoms with Gasteiger partial charge in [-0.25, -0.2) is 18.6 Å². The van der Waals surface area contributed by atoms with Crippen LogP contribution in [0.25, 0.3) is 0 Å². The molecule has 10 heteroatoms. The van der Waals surface area contributed by atoms with E-state index in [-0.39, 0.29) is 29.3 Å². The second kappa shape index (κ2) is 8.33. The van der Waals surface area contributed by atoms with Gasteiger partial charge < -0.3 is 19.9 Å². The molecule has 2 aromatic rings. The van der Waals surface area contributed by atoms with E-state index in [1.54, 1.807) is 11.1 Å². The Bertz CT molecular complexity index is 1010. The number of carbonyl (C=O) groups is 2. The Morgan fingerprint density at radius 1 is 1.03 bits per heavy atom. The van der Waals surface area contributed by atoms with Gasteiger partial charge in [-0.05, 0) is 32.9 Å². The Hall–Kier alpha value is -3.30. The molecule has 4 rings (SSSR count). The molecule has 2 fully saturated rings. The molecule has 0 aliphatic carbocycles. The molecule has 0 radical (unpaired) electrons. The summed E-state index contributed by atoms with van der Waals surface area (Å²) in [4.78, 5) is 37.1. The summed E-state index contributed by atoms with van der Waals surface area (Å²) in [5.74, 6) is -1.09. The first-order valence-electron chi connectivity index (χ1n) is 10.4. The van der Waals surface area contributed by atoms with Crippen LogP contribution in [0.2, 0.25) is 0 Å². The molecule has 0 saturated carbocycles. The number of amides is 2. The molecule has 3 heterocycles. The summed E-state index contributed by atoms with van der Waals surface area (Å²) in [6.45, 7) is 8.10. The minimum absolute atomic E-state index is 0.00218. The number of halogens is 2. The van der Waals surface area contributed by atoms with Crippen LogP contribution in [0.4, 0.5) is 25.1 Å². The van der Waals surface area contributed by atoms with Gasteiger partial charge in [-0.1, -0.05) is 0 Å². The molecule has 2 aliphatic heterocycles. The van der Waals surface area contributed by atoms with Gasteiger partial charge in [0.15, 0.2) is 0 Å². The number of nitrogens with zero attached hydrogens (tertiary/aromatic N) is 4. The maximum atomic E-state index is 13.4. The summed E-state index contributed by atoms with van der Waals surface area (Å²) in [6.07, 6.45) is 2.58. The molecule has 2 amide bonds. The molecule has 0 spiro atoms. The number of ether oxygens (including phenoxy) is 1. The van der Waals surface area contributed by atoms with Crippen LogP contribution in [0.5, 0.6) is 0 Å². The number of rotatable bonds is 3. The highest BCUT2D eigenvalue weighted by Gasteiger charge is 2.43. The third kappa shape index (κ3) is 4.95. The number of fused-ring (bicyclic) bond motifs is 1. The lowest BCUT2D eigenvalue weighted by Crippen LogP contribution is -2.37. The number of hydrogen-bond donors (Lipinski definition) is 1. The molecule has 2 saturated heterocycles. The summed E-state index contributed by atoms with van der Waals surface area (Å²) in [5.41, 5.74) is -0.494. The normalized spacial score (nSPS) is 20.3. The fraction of sp³-hybridized carbons (Fsp3) is 0.455. The molecular formula is C22H25F2N5O3. The predicted molar refractivity (Wildman–Crippen MR) is 113 cm³/mol. The Morgan fingerprint density at radius 3 is 2.25 bits per heavy atom. The van der Waals surface area contributed by atoms with E-state index in [4.69, 9.17) is 4.74 Å². The van der Waals surface area contributed by atoms with Crippen LogP contribution in [-0.4, -0.2) is 58.6 Å². The third-order valence-electron chi connectivity index (χ3n) is 5.44. The third-order valence-corrected chi connectivity index (χ3v) is 5.44. The van der Waals surface area contributed by atoms with Gasteiger partial charge in [0.25, 0.3) is 5.91 Å². The highest BCUT2D eigenvalue weighted by molar-refractivity contribution is 6.02. The fourth-order valence-electron chi connectivity index (χ4n) is 4.09. The molecular weight excluding hydrogens is 420 g/mol. The maximum Gasteiger partial charge on any atom is 0.410 e. The monoisotopic (exact) mass is 445 g/mol. The largest absolute Gasteiger partial charge is 0.444 e. The minimum atomic E-state index is -0.788. The van der Waals surface area contributed by atoms with Crippen molar-refractivity contribution in [2.75, 3.05) is 36.4 Å². The average Bonchev–Trinajstić information content (AvgIpc) is 3.25. The van der Waals surface area contributed by atoms with Gasteiger partial charge in [0, 0.05) is 49.8 Å². The molecule has 1 aromatic carbocycles. The van der Waals surface area contributed by atoms with E-state index in [1.165, 1.54) is 6.20 Å². The molecule has 2 unspecified atom stereocenters. The van der Waals surface area contributed by atoms with Crippen LogP contribution in [-0.2, 0) is 4.74 Å². The number of benzene rings is 1. The molecule has 32 heavy (non-hydrogen) atoms. The summed E-state index contributed by atoms with van der Waals surface area (Å²) < 4.78 is 32.2. The highest BCUT2D eigenvalue weighted by atomic mass is 19.1. The zero-order chi connectivity index (χ0) is 23.0. The van der Waals surface area contributed by atoms with E-state index in [0.29, 0.717) is 32.0 Å². The lowest BCUT2D eigenvalue weighted by molar-refractivity contribution is 0.0282. The summed E-state index contributed by atoms with van der Waals surface area (Å²) in [7, 11) is 0. The number of anilines is 2. The van der Waals surface area contributed by atoms with Gasteiger partial charge in [0.05, 0.1) is 12.4 Å². The molecule has 2 aliphatic rings. The molecule has 170 valence electrons. The summed E-state index contributed by atoms with van der Waals surface area (Å²) in [6, 6.07) is 2.77. The van der Waals surface area contributed by atoms with Crippen molar-refractivity contribution in [2.45, 2.75) is 26.4 Å². The zero-order valence-electron chi connectivity index (χ0n) is 18.1. The van der Waals surface area contributed by atoms with Crippen LogP contribution < -0.4 is 10.2 Å². The highest BCUT2D eigenvalue weighted by Crippen LogP contribution is 2.33. The van der Waals surface area contributed by atoms with Crippen LogP contribution in [0.3, 0.4) is 0 Å². The molecule has 1 aromatic heterocycles. The molecule has 8 nitrogen and oxygen atoms in total. The van der Waals surface area contributed by atoms with E-state index in [1.807, 2.05) is 25.7 Å². The Kier molecular flexibility index (Phi) is 5.70. The SMILES string of the molecule is CC(C)(C)OC(=O)N1CC2CN(c3cncc(C(=O)Nc4cc(F)cc(F)c4)n3)CC2C1. The second-order valence-corrected chi connectivity index (χ2v) is 9.19. The predicted octanol–water partition coefficient (Wildman–Crippen LogP) is 3.31. The Balaban J connectivity index is 1.39.